The zero-order valence-corrected chi connectivity index (χ0v) is 10.0. The first-order valence-electron chi connectivity index (χ1n) is 5.35. The molecule has 0 aliphatic carbocycles. The standard InChI is InChI=1S/C12H22O2/c1-6-10(13)8-7-9(2)11(14)12(3,4)5/h9H,6-8H2,1-5H3. The highest BCUT2D eigenvalue weighted by atomic mass is 16.1. The van der Waals surface area contributed by atoms with E-state index in [2.05, 4.69) is 0 Å². The smallest absolute Gasteiger partial charge is 0.141 e. The lowest BCUT2D eigenvalue weighted by Gasteiger charge is -2.21. The third-order valence-corrected chi connectivity index (χ3v) is 2.44. The molecule has 0 amide bonds. The van der Waals surface area contributed by atoms with Crippen LogP contribution in [-0.4, -0.2) is 11.6 Å². The van der Waals surface area contributed by atoms with Crippen molar-refractivity contribution in [2.45, 2.75) is 53.9 Å². The largest absolute Gasteiger partial charge is 0.300 e. The number of hydrogen-bond acceptors (Lipinski definition) is 2. The van der Waals surface area contributed by atoms with Gasteiger partial charge < -0.3 is 0 Å². The first-order valence-corrected chi connectivity index (χ1v) is 5.35. The van der Waals surface area contributed by atoms with Crippen LogP contribution in [0.3, 0.4) is 0 Å². The highest BCUT2D eigenvalue weighted by molar-refractivity contribution is 5.86. The van der Waals surface area contributed by atoms with Crippen LogP contribution in [0.25, 0.3) is 0 Å². The molecule has 0 aromatic carbocycles. The monoisotopic (exact) mass is 198 g/mol. The summed E-state index contributed by atoms with van der Waals surface area (Å²) in [4.78, 5) is 22.8. The van der Waals surface area contributed by atoms with Crippen LogP contribution in [-0.2, 0) is 9.59 Å². The Morgan fingerprint density at radius 3 is 2.07 bits per heavy atom. The lowest BCUT2D eigenvalue weighted by Crippen LogP contribution is -2.27. The Morgan fingerprint density at radius 1 is 1.21 bits per heavy atom. The second-order valence-electron chi connectivity index (χ2n) is 4.95. The van der Waals surface area contributed by atoms with Gasteiger partial charge in [0, 0.05) is 24.2 Å². The second-order valence-corrected chi connectivity index (χ2v) is 4.95. The van der Waals surface area contributed by atoms with E-state index in [1.807, 2.05) is 34.6 Å². The maximum absolute atomic E-state index is 11.8. The van der Waals surface area contributed by atoms with Crippen molar-refractivity contribution in [2.24, 2.45) is 11.3 Å². The number of carbonyl (C=O) groups excluding carboxylic acids is 2. The van der Waals surface area contributed by atoms with Crippen molar-refractivity contribution in [1.82, 2.24) is 0 Å². The van der Waals surface area contributed by atoms with E-state index in [-0.39, 0.29) is 22.9 Å². The molecule has 0 spiro atoms. The van der Waals surface area contributed by atoms with E-state index >= 15 is 0 Å². The molecule has 0 radical (unpaired) electrons. The molecule has 0 saturated carbocycles. The summed E-state index contributed by atoms with van der Waals surface area (Å²) in [5, 5.41) is 0. The van der Waals surface area contributed by atoms with Crippen molar-refractivity contribution in [1.29, 1.82) is 0 Å². The molecule has 0 aromatic rings. The highest BCUT2D eigenvalue weighted by Crippen LogP contribution is 2.22. The zero-order chi connectivity index (χ0) is 11.4. The predicted molar refractivity (Wildman–Crippen MR) is 58.2 cm³/mol. The highest BCUT2D eigenvalue weighted by Gasteiger charge is 2.26. The van der Waals surface area contributed by atoms with Crippen LogP contribution >= 0.6 is 0 Å². The second kappa shape index (κ2) is 5.28. The molecule has 0 aromatic heterocycles. The molecular formula is C12H22O2. The molecule has 0 heterocycles. The van der Waals surface area contributed by atoms with Gasteiger partial charge in [0.2, 0.25) is 0 Å². The van der Waals surface area contributed by atoms with Gasteiger partial charge >= 0.3 is 0 Å². The first kappa shape index (κ1) is 13.3. The Labute approximate surface area is 87.1 Å². The van der Waals surface area contributed by atoms with E-state index in [9.17, 15) is 9.59 Å². The van der Waals surface area contributed by atoms with Gasteiger partial charge in [0.25, 0.3) is 0 Å². The number of ketones is 2. The summed E-state index contributed by atoms with van der Waals surface area (Å²) in [5.41, 5.74) is -0.283. The van der Waals surface area contributed by atoms with Crippen molar-refractivity contribution in [2.75, 3.05) is 0 Å². The van der Waals surface area contributed by atoms with Gasteiger partial charge in [-0.05, 0) is 6.42 Å². The molecule has 14 heavy (non-hydrogen) atoms. The number of Topliss-reactive ketones (excluding diaryl/α,β-unsaturated/α-hetero) is 2. The fourth-order valence-corrected chi connectivity index (χ4v) is 1.42. The average Bonchev–Trinajstić information content (AvgIpc) is 2.10. The summed E-state index contributed by atoms with van der Waals surface area (Å²) in [5.74, 6) is 0.505. The van der Waals surface area contributed by atoms with Crippen LogP contribution in [0.4, 0.5) is 0 Å². The van der Waals surface area contributed by atoms with Gasteiger partial charge in [-0.1, -0.05) is 34.6 Å². The van der Waals surface area contributed by atoms with Gasteiger partial charge in [0.15, 0.2) is 0 Å². The maximum atomic E-state index is 11.8. The summed E-state index contributed by atoms with van der Waals surface area (Å²) >= 11 is 0. The van der Waals surface area contributed by atoms with Crippen LogP contribution in [0, 0.1) is 11.3 Å². The number of hydrogen-bond donors (Lipinski definition) is 0. The molecular weight excluding hydrogens is 176 g/mol. The Kier molecular flexibility index (Phi) is 5.03. The van der Waals surface area contributed by atoms with Gasteiger partial charge in [-0.15, -0.1) is 0 Å². The Bertz CT molecular complexity index is 211. The molecule has 0 N–H and O–H groups in total. The summed E-state index contributed by atoms with van der Waals surface area (Å²) in [6, 6.07) is 0. The minimum absolute atomic E-state index is 0.00509. The van der Waals surface area contributed by atoms with Crippen LogP contribution in [0.15, 0.2) is 0 Å². The van der Waals surface area contributed by atoms with Crippen molar-refractivity contribution in [3.63, 3.8) is 0 Å². The third kappa shape index (κ3) is 4.54. The van der Waals surface area contributed by atoms with E-state index in [0.29, 0.717) is 19.3 Å². The minimum atomic E-state index is -0.283. The van der Waals surface area contributed by atoms with Crippen molar-refractivity contribution >= 4 is 11.6 Å². The average molecular weight is 198 g/mol. The topological polar surface area (TPSA) is 34.1 Å². The van der Waals surface area contributed by atoms with Gasteiger partial charge in [-0.2, -0.15) is 0 Å². The van der Waals surface area contributed by atoms with Crippen molar-refractivity contribution in [3.05, 3.63) is 0 Å². The zero-order valence-electron chi connectivity index (χ0n) is 10.0. The molecule has 1 atom stereocenters. The first-order chi connectivity index (χ1) is 6.29. The molecule has 0 fully saturated rings. The van der Waals surface area contributed by atoms with E-state index < -0.39 is 0 Å². The minimum Gasteiger partial charge on any atom is -0.300 e. The summed E-state index contributed by atoms with van der Waals surface area (Å²) in [6.45, 7) is 9.55. The van der Waals surface area contributed by atoms with Crippen LogP contribution in [0.2, 0.25) is 0 Å². The van der Waals surface area contributed by atoms with E-state index in [4.69, 9.17) is 0 Å². The van der Waals surface area contributed by atoms with Crippen molar-refractivity contribution in [3.8, 4) is 0 Å². The molecule has 0 aliphatic rings. The Morgan fingerprint density at radius 2 is 1.71 bits per heavy atom. The van der Waals surface area contributed by atoms with Crippen LogP contribution in [0.1, 0.15) is 53.9 Å². The van der Waals surface area contributed by atoms with Gasteiger partial charge in [0.1, 0.15) is 11.6 Å². The lowest BCUT2D eigenvalue weighted by atomic mass is 9.82. The molecule has 2 nitrogen and oxygen atoms in total. The molecule has 0 rings (SSSR count). The predicted octanol–water partition coefficient (Wildman–Crippen LogP) is 3.00. The SMILES string of the molecule is CCC(=O)CCC(C)C(=O)C(C)(C)C. The van der Waals surface area contributed by atoms with Crippen LogP contribution < -0.4 is 0 Å². The Balaban J connectivity index is 4.03. The van der Waals surface area contributed by atoms with Gasteiger partial charge in [-0.3, -0.25) is 9.59 Å². The van der Waals surface area contributed by atoms with Crippen LogP contribution in [0.5, 0.6) is 0 Å². The number of rotatable bonds is 5. The van der Waals surface area contributed by atoms with Crippen molar-refractivity contribution < 1.29 is 9.59 Å². The van der Waals surface area contributed by atoms with Gasteiger partial charge in [-0.25, -0.2) is 0 Å². The molecule has 1 unspecified atom stereocenters. The number of carbonyl (C=O) groups is 2. The quantitative estimate of drug-likeness (QED) is 0.680. The molecule has 0 saturated heterocycles. The van der Waals surface area contributed by atoms with E-state index in [1.54, 1.807) is 0 Å². The van der Waals surface area contributed by atoms with E-state index in [1.165, 1.54) is 0 Å². The fourth-order valence-electron chi connectivity index (χ4n) is 1.42. The summed E-state index contributed by atoms with van der Waals surface area (Å²) in [6.07, 6.45) is 1.82. The molecule has 0 bridgehead atoms. The lowest BCUT2D eigenvalue weighted by molar-refractivity contribution is -0.130. The maximum Gasteiger partial charge on any atom is 0.141 e. The fraction of sp³-hybridized carbons (Fsp3) is 0.833. The Hall–Kier alpha value is -0.660. The molecule has 2 heteroatoms. The molecule has 0 aliphatic heterocycles. The summed E-state index contributed by atoms with van der Waals surface area (Å²) in [7, 11) is 0. The molecule has 82 valence electrons. The normalized spacial score (nSPS) is 13.8. The van der Waals surface area contributed by atoms with Gasteiger partial charge in [0.05, 0.1) is 0 Å². The summed E-state index contributed by atoms with van der Waals surface area (Å²) < 4.78 is 0. The van der Waals surface area contributed by atoms with E-state index in [0.717, 1.165) is 0 Å². The third-order valence-electron chi connectivity index (χ3n) is 2.44.